The van der Waals surface area contributed by atoms with Crippen molar-refractivity contribution >= 4 is 52.6 Å². The summed E-state index contributed by atoms with van der Waals surface area (Å²) >= 11 is 13.0. The van der Waals surface area contributed by atoms with Gasteiger partial charge in [-0.1, -0.05) is 47.5 Å². The lowest BCUT2D eigenvalue weighted by Crippen LogP contribution is -2.37. The van der Waals surface area contributed by atoms with E-state index in [0.717, 1.165) is 22.3 Å². The van der Waals surface area contributed by atoms with Crippen molar-refractivity contribution in [2.45, 2.75) is 13.2 Å². The standard InChI is InChI=1S/C30H28Cl2N4O5/c1-34-15-21(14-33)20-11-25(31)28(26(32)12-20)29(37)36-16-19-3-2-4-22(24(19)17-41-36)18-5-6-23(30(38)39)27(13-18)35-7-9-40-10-8-35/h2-6,11-15H,7-10,16-17,33H2,1H3,(H,38,39). The van der Waals surface area contributed by atoms with Crippen molar-refractivity contribution < 1.29 is 24.3 Å². The van der Waals surface area contributed by atoms with E-state index in [9.17, 15) is 14.7 Å². The maximum absolute atomic E-state index is 13.5. The number of aliphatic imine (C=N–C) groups is 1. The molecule has 0 aliphatic carbocycles. The molecule has 0 bridgehead atoms. The summed E-state index contributed by atoms with van der Waals surface area (Å²) in [5, 5.41) is 11.4. The van der Waals surface area contributed by atoms with Crippen LogP contribution in [-0.2, 0) is 22.7 Å². The van der Waals surface area contributed by atoms with Gasteiger partial charge in [-0.2, -0.15) is 0 Å². The molecule has 41 heavy (non-hydrogen) atoms. The van der Waals surface area contributed by atoms with Crippen molar-refractivity contribution in [3.63, 3.8) is 0 Å². The molecule has 0 spiro atoms. The van der Waals surface area contributed by atoms with Crippen LogP contribution in [0.2, 0.25) is 10.0 Å². The first-order chi connectivity index (χ1) is 19.8. The fourth-order valence-electron chi connectivity index (χ4n) is 5.06. The molecule has 1 amide bonds. The Balaban J connectivity index is 1.44. The van der Waals surface area contributed by atoms with Gasteiger partial charge in [0.1, 0.15) is 6.61 Å². The van der Waals surface area contributed by atoms with Crippen molar-refractivity contribution in [1.29, 1.82) is 0 Å². The van der Waals surface area contributed by atoms with Gasteiger partial charge >= 0.3 is 5.97 Å². The summed E-state index contributed by atoms with van der Waals surface area (Å²) < 4.78 is 5.45. The quantitative estimate of drug-likeness (QED) is 0.372. The molecule has 0 unspecified atom stereocenters. The minimum absolute atomic E-state index is 0.126. The Morgan fingerprint density at radius 3 is 2.46 bits per heavy atom. The molecule has 3 N–H and O–H groups in total. The summed E-state index contributed by atoms with van der Waals surface area (Å²) in [5.74, 6) is -1.45. The fourth-order valence-corrected chi connectivity index (χ4v) is 5.71. The number of carbonyl (C=O) groups is 2. The first kappa shape index (κ1) is 28.6. The lowest BCUT2D eigenvalue weighted by atomic mass is 9.93. The zero-order valence-electron chi connectivity index (χ0n) is 22.3. The van der Waals surface area contributed by atoms with Crippen LogP contribution in [0.4, 0.5) is 5.69 Å². The van der Waals surface area contributed by atoms with E-state index < -0.39 is 11.9 Å². The number of amides is 1. The van der Waals surface area contributed by atoms with Crippen molar-refractivity contribution in [2.24, 2.45) is 10.7 Å². The van der Waals surface area contributed by atoms with E-state index in [1.807, 2.05) is 29.2 Å². The number of benzene rings is 3. The van der Waals surface area contributed by atoms with Gasteiger partial charge in [-0.3, -0.25) is 14.6 Å². The Morgan fingerprint density at radius 2 is 1.80 bits per heavy atom. The van der Waals surface area contributed by atoms with Crippen molar-refractivity contribution in [2.75, 3.05) is 38.3 Å². The fraction of sp³-hybridized carbons (Fsp3) is 0.233. The van der Waals surface area contributed by atoms with E-state index in [0.29, 0.717) is 43.1 Å². The maximum atomic E-state index is 13.5. The molecule has 2 heterocycles. The van der Waals surface area contributed by atoms with Gasteiger partial charge in [0, 0.05) is 38.1 Å². The Bertz CT molecular complexity index is 1540. The van der Waals surface area contributed by atoms with Crippen molar-refractivity contribution in [3.8, 4) is 11.1 Å². The predicted molar refractivity (Wildman–Crippen MR) is 160 cm³/mol. The van der Waals surface area contributed by atoms with E-state index in [1.165, 1.54) is 11.3 Å². The number of nitrogens with zero attached hydrogens (tertiary/aromatic N) is 3. The maximum Gasteiger partial charge on any atom is 0.337 e. The number of allylic oxidation sites excluding steroid dienone is 1. The molecule has 0 saturated carbocycles. The molecule has 1 fully saturated rings. The number of morpholine rings is 1. The molecular weight excluding hydrogens is 567 g/mol. The highest BCUT2D eigenvalue weighted by atomic mass is 35.5. The van der Waals surface area contributed by atoms with Gasteiger partial charge in [-0.15, -0.1) is 0 Å². The van der Waals surface area contributed by atoms with Crippen LogP contribution in [0.5, 0.6) is 0 Å². The third kappa shape index (κ3) is 5.80. The third-order valence-electron chi connectivity index (χ3n) is 7.11. The van der Waals surface area contributed by atoms with E-state index in [1.54, 1.807) is 37.5 Å². The molecule has 5 rings (SSSR count). The number of ether oxygens (including phenoxy) is 1. The zero-order valence-corrected chi connectivity index (χ0v) is 23.8. The Labute approximate surface area is 247 Å². The average molecular weight is 595 g/mol. The van der Waals surface area contributed by atoms with Crippen LogP contribution in [-0.4, -0.2) is 61.6 Å². The van der Waals surface area contributed by atoms with E-state index in [-0.39, 0.29) is 34.3 Å². The molecule has 0 atom stereocenters. The van der Waals surface area contributed by atoms with Crippen LogP contribution in [0.3, 0.4) is 0 Å². The molecule has 1 saturated heterocycles. The molecule has 0 aromatic heterocycles. The number of hydrogen-bond donors (Lipinski definition) is 2. The lowest BCUT2D eigenvalue weighted by molar-refractivity contribution is -0.149. The van der Waals surface area contributed by atoms with Crippen LogP contribution in [0.25, 0.3) is 16.7 Å². The molecule has 9 nitrogen and oxygen atoms in total. The molecule has 2 aliphatic rings. The smallest absolute Gasteiger partial charge is 0.337 e. The largest absolute Gasteiger partial charge is 0.478 e. The van der Waals surface area contributed by atoms with Crippen LogP contribution in [0, 0.1) is 0 Å². The van der Waals surface area contributed by atoms with Gasteiger partial charge in [-0.25, -0.2) is 9.86 Å². The summed E-state index contributed by atoms with van der Waals surface area (Å²) in [6.45, 7) is 2.60. The molecule has 11 heteroatoms. The number of carbonyl (C=O) groups excluding carboxylic acids is 1. The van der Waals surface area contributed by atoms with E-state index >= 15 is 0 Å². The number of aromatic carboxylic acids is 1. The highest BCUT2D eigenvalue weighted by Crippen LogP contribution is 2.36. The summed E-state index contributed by atoms with van der Waals surface area (Å²) in [4.78, 5) is 37.4. The molecule has 3 aromatic rings. The number of anilines is 1. The normalized spacial score (nSPS) is 15.7. The second-order valence-corrected chi connectivity index (χ2v) is 10.3. The summed E-state index contributed by atoms with van der Waals surface area (Å²) in [7, 11) is 1.62. The number of carboxylic acid groups (broad SMARTS) is 1. The Kier molecular flexibility index (Phi) is 8.60. The lowest BCUT2D eigenvalue weighted by Gasteiger charge is -2.31. The summed E-state index contributed by atoms with van der Waals surface area (Å²) in [5.41, 5.74) is 11.5. The van der Waals surface area contributed by atoms with Crippen molar-refractivity contribution in [1.82, 2.24) is 5.06 Å². The minimum Gasteiger partial charge on any atom is -0.478 e. The number of rotatable bonds is 6. The zero-order chi connectivity index (χ0) is 29.1. The summed E-state index contributed by atoms with van der Waals surface area (Å²) in [6.07, 6.45) is 2.96. The number of hydroxylamine groups is 2. The van der Waals surface area contributed by atoms with Gasteiger partial charge in [0.15, 0.2) is 0 Å². The monoisotopic (exact) mass is 594 g/mol. The number of hydrogen-bond acceptors (Lipinski definition) is 7. The Morgan fingerprint density at radius 1 is 1.07 bits per heavy atom. The molecule has 212 valence electrons. The van der Waals surface area contributed by atoms with Crippen LogP contribution in [0.1, 0.15) is 37.4 Å². The van der Waals surface area contributed by atoms with Gasteiger partial charge in [0.25, 0.3) is 5.91 Å². The van der Waals surface area contributed by atoms with Gasteiger partial charge in [-0.05, 0) is 52.1 Å². The second kappa shape index (κ2) is 12.3. The Hall–Kier alpha value is -3.89. The number of nitrogens with two attached hydrogens (primary N) is 1. The van der Waals surface area contributed by atoms with Crippen molar-refractivity contribution in [3.05, 3.63) is 92.6 Å². The second-order valence-electron chi connectivity index (χ2n) is 9.52. The molecule has 0 radical (unpaired) electrons. The van der Waals surface area contributed by atoms with Crippen LogP contribution >= 0.6 is 23.2 Å². The topological polar surface area (TPSA) is 118 Å². The summed E-state index contributed by atoms with van der Waals surface area (Å²) in [6, 6.07) is 14.4. The SMILES string of the molecule is CN=CC(=CN)c1cc(Cl)c(C(=O)N2Cc3cccc(-c4ccc(C(=O)O)c(N5CCOCC5)c4)c3CO2)c(Cl)c1. The first-order valence-electron chi connectivity index (χ1n) is 12.9. The highest BCUT2D eigenvalue weighted by molar-refractivity contribution is 6.40. The first-order valence-corrected chi connectivity index (χ1v) is 13.7. The number of halogens is 2. The average Bonchev–Trinajstić information content (AvgIpc) is 2.98. The minimum atomic E-state index is -0.982. The number of fused-ring (bicyclic) bond motifs is 1. The third-order valence-corrected chi connectivity index (χ3v) is 7.70. The van der Waals surface area contributed by atoms with Crippen LogP contribution < -0.4 is 10.6 Å². The molecule has 3 aromatic carbocycles. The molecule has 2 aliphatic heterocycles. The van der Waals surface area contributed by atoms with Gasteiger partial charge in [0.05, 0.1) is 46.6 Å². The van der Waals surface area contributed by atoms with E-state index in [4.69, 9.17) is 38.5 Å². The van der Waals surface area contributed by atoms with E-state index in [2.05, 4.69) is 4.99 Å². The highest BCUT2D eigenvalue weighted by Gasteiger charge is 2.29. The predicted octanol–water partition coefficient (Wildman–Crippen LogP) is 5.28. The van der Waals surface area contributed by atoms with Crippen LogP contribution in [0.15, 0.2) is 59.7 Å². The number of carboxylic acids is 1. The molecular formula is C30H28Cl2N4O5. The van der Waals surface area contributed by atoms with Gasteiger partial charge in [0.2, 0.25) is 0 Å². The van der Waals surface area contributed by atoms with Gasteiger partial charge < -0.3 is 20.5 Å².